The second kappa shape index (κ2) is 6.31. The minimum atomic E-state index is -0.921. The summed E-state index contributed by atoms with van der Waals surface area (Å²) in [6.45, 7) is 3.40. The van der Waals surface area contributed by atoms with Crippen molar-refractivity contribution < 1.29 is 13.6 Å². The lowest BCUT2D eigenvalue weighted by molar-refractivity contribution is 0.262. The molecule has 2 heterocycles. The average Bonchev–Trinajstić information content (AvgIpc) is 2.55. The van der Waals surface area contributed by atoms with E-state index in [2.05, 4.69) is 15.6 Å². The summed E-state index contributed by atoms with van der Waals surface area (Å²) in [6, 6.07) is 5.43. The van der Waals surface area contributed by atoms with Crippen molar-refractivity contribution in [2.75, 3.05) is 10.6 Å². The van der Waals surface area contributed by atoms with Crippen molar-refractivity contribution in [1.82, 2.24) is 9.38 Å². The molecule has 0 saturated carbocycles. The number of urea groups is 1. The Morgan fingerprint density at radius 1 is 1.16 bits per heavy atom. The van der Waals surface area contributed by atoms with E-state index in [0.717, 1.165) is 17.7 Å². The standard InChI is InChI=1S/C17H14F2N4O2/c1-9-4-3-7-23-15(9)20-10(2)14(16(23)24)22-17(25)21-13-6-5-11(18)8-12(13)19/h3-8H,1-2H3,(H2,21,22,25). The molecule has 0 unspecified atom stereocenters. The molecule has 128 valence electrons. The zero-order valence-electron chi connectivity index (χ0n) is 13.4. The summed E-state index contributed by atoms with van der Waals surface area (Å²) in [6.07, 6.45) is 1.54. The van der Waals surface area contributed by atoms with Crippen LogP contribution in [-0.4, -0.2) is 15.4 Å². The number of hydrogen-bond donors (Lipinski definition) is 2. The van der Waals surface area contributed by atoms with Crippen LogP contribution >= 0.6 is 0 Å². The molecule has 0 spiro atoms. The topological polar surface area (TPSA) is 75.5 Å². The van der Waals surface area contributed by atoms with E-state index in [0.29, 0.717) is 17.4 Å². The van der Waals surface area contributed by atoms with E-state index >= 15 is 0 Å². The fourth-order valence-electron chi connectivity index (χ4n) is 2.41. The van der Waals surface area contributed by atoms with E-state index in [1.54, 1.807) is 19.2 Å². The second-order valence-corrected chi connectivity index (χ2v) is 5.47. The van der Waals surface area contributed by atoms with E-state index in [1.807, 2.05) is 13.0 Å². The van der Waals surface area contributed by atoms with Crippen LogP contribution in [0.25, 0.3) is 5.65 Å². The highest BCUT2D eigenvalue weighted by Crippen LogP contribution is 2.16. The highest BCUT2D eigenvalue weighted by atomic mass is 19.1. The summed E-state index contributed by atoms with van der Waals surface area (Å²) in [5.74, 6) is -1.68. The van der Waals surface area contributed by atoms with Gasteiger partial charge in [-0.05, 0) is 37.6 Å². The molecule has 6 nitrogen and oxygen atoms in total. The molecule has 0 aliphatic heterocycles. The number of aromatic nitrogens is 2. The normalized spacial score (nSPS) is 10.7. The maximum Gasteiger partial charge on any atom is 0.323 e. The molecule has 1 aromatic carbocycles. The Bertz CT molecular complexity index is 1050. The third kappa shape index (κ3) is 3.18. The molecule has 0 bridgehead atoms. The first kappa shape index (κ1) is 16.6. The van der Waals surface area contributed by atoms with Crippen molar-refractivity contribution in [3.8, 4) is 0 Å². The third-order valence-corrected chi connectivity index (χ3v) is 3.65. The van der Waals surface area contributed by atoms with Crippen molar-refractivity contribution in [3.05, 3.63) is 69.8 Å². The molecular weight excluding hydrogens is 330 g/mol. The Balaban J connectivity index is 1.92. The molecule has 3 rings (SSSR count). The number of carbonyl (C=O) groups is 1. The second-order valence-electron chi connectivity index (χ2n) is 5.47. The first-order valence-electron chi connectivity index (χ1n) is 7.38. The van der Waals surface area contributed by atoms with Gasteiger partial charge in [0.1, 0.15) is 23.0 Å². The summed E-state index contributed by atoms with van der Waals surface area (Å²) in [5, 5.41) is 4.61. The van der Waals surface area contributed by atoms with Gasteiger partial charge >= 0.3 is 6.03 Å². The quantitative estimate of drug-likeness (QED) is 0.749. The smallest absolute Gasteiger partial charge is 0.305 e. The van der Waals surface area contributed by atoms with Crippen LogP contribution in [0.1, 0.15) is 11.3 Å². The van der Waals surface area contributed by atoms with Crippen LogP contribution in [0.15, 0.2) is 41.3 Å². The molecular formula is C17H14F2N4O2. The van der Waals surface area contributed by atoms with Crippen molar-refractivity contribution in [2.24, 2.45) is 0 Å². The third-order valence-electron chi connectivity index (χ3n) is 3.65. The van der Waals surface area contributed by atoms with E-state index in [9.17, 15) is 18.4 Å². The molecule has 8 heteroatoms. The number of carbonyl (C=O) groups excluding carboxylic acids is 1. The molecule has 0 radical (unpaired) electrons. The molecule has 0 aliphatic carbocycles. The molecule has 0 aliphatic rings. The maximum absolute atomic E-state index is 13.6. The first-order valence-corrected chi connectivity index (χ1v) is 7.38. The summed E-state index contributed by atoms with van der Waals surface area (Å²) in [7, 11) is 0. The Hall–Kier alpha value is -3.29. The summed E-state index contributed by atoms with van der Waals surface area (Å²) in [5.41, 5.74) is 0.937. The fourth-order valence-corrected chi connectivity index (χ4v) is 2.41. The van der Waals surface area contributed by atoms with Crippen LogP contribution in [0.4, 0.5) is 25.0 Å². The molecule has 0 saturated heterocycles. The molecule has 0 fully saturated rings. The van der Waals surface area contributed by atoms with E-state index in [1.165, 1.54) is 4.40 Å². The van der Waals surface area contributed by atoms with Crippen LogP contribution in [-0.2, 0) is 0 Å². The van der Waals surface area contributed by atoms with Crippen molar-refractivity contribution in [1.29, 1.82) is 0 Å². The maximum atomic E-state index is 13.6. The zero-order valence-corrected chi connectivity index (χ0v) is 13.4. The first-order chi connectivity index (χ1) is 11.9. The molecule has 2 amide bonds. The van der Waals surface area contributed by atoms with Gasteiger partial charge in [-0.2, -0.15) is 0 Å². The van der Waals surface area contributed by atoms with Crippen LogP contribution < -0.4 is 16.2 Å². The number of aryl methyl sites for hydroxylation is 2. The molecule has 3 aromatic rings. The van der Waals surface area contributed by atoms with E-state index in [-0.39, 0.29) is 11.4 Å². The van der Waals surface area contributed by atoms with Crippen molar-refractivity contribution in [2.45, 2.75) is 13.8 Å². The Morgan fingerprint density at radius 3 is 2.64 bits per heavy atom. The molecule has 0 atom stereocenters. The average molecular weight is 344 g/mol. The molecule has 2 aromatic heterocycles. The van der Waals surface area contributed by atoms with E-state index in [4.69, 9.17) is 0 Å². The van der Waals surface area contributed by atoms with Gasteiger partial charge < -0.3 is 10.6 Å². The molecule has 2 N–H and O–H groups in total. The lowest BCUT2D eigenvalue weighted by atomic mass is 10.2. The van der Waals surface area contributed by atoms with Gasteiger partial charge in [0, 0.05) is 12.3 Å². The number of rotatable bonds is 2. The van der Waals surface area contributed by atoms with Gasteiger partial charge in [-0.25, -0.2) is 18.6 Å². The Morgan fingerprint density at radius 2 is 1.92 bits per heavy atom. The summed E-state index contributed by atoms with van der Waals surface area (Å²) < 4.78 is 27.8. The van der Waals surface area contributed by atoms with Gasteiger partial charge in [0.15, 0.2) is 0 Å². The Kier molecular flexibility index (Phi) is 4.18. The number of benzene rings is 1. The number of halogens is 2. The molecule has 25 heavy (non-hydrogen) atoms. The van der Waals surface area contributed by atoms with Crippen LogP contribution in [0.5, 0.6) is 0 Å². The number of pyridine rings is 1. The predicted molar refractivity (Wildman–Crippen MR) is 89.9 cm³/mol. The highest BCUT2D eigenvalue weighted by molar-refractivity contribution is 6.00. The van der Waals surface area contributed by atoms with Crippen LogP contribution in [0.3, 0.4) is 0 Å². The highest BCUT2D eigenvalue weighted by Gasteiger charge is 2.15. The minimum Gasteiger partial charge on any atom is -0.305 e. The SMILES string of the molecule is Cc1nc2c(C)cccn2c(=O)c1NC(=O)Nc1ccc(F)cc1F. The van der Waals surface area contributed by atoms with Crippen molar-refractivity contribution >= 4 is 23.1 Å². The largest absolute Gasteiger partial charge is 0.323 e. The van der Waals surface area contributed by atoms with Gasteiger partial charge in [-0.3, -0.25) is 9.20 Å². The summed E-state index contributed by atoms with van der Waals surface area (Å²) in [4.78, 5) is 28.9. The van der Waals surface area contributed by atoms with Crippen LogP contribution in [0.2, 0.25) is 0 Å². The fraction of sp³-hybridized carbons (Fsp3) is 0.118. The number of nitrogens with one attached hydrogen (secondary N) is 2. The van der Waals surface area contributed by atoms with Gasteiger partial charge in [0.2, 0.25) is 0 Å². The van der Waals surface area contributed by atoms with E-state index < -0.39 is 23.2 Å². The lowest BCUT2D eigenvalue weighted by Crippen LogP contribution is -2.28. The monoisotopic (exact) mass is 344 g/mol. The number of nitrogens with zero attached hydrogens (tertiary/aromatic N) is 2. The predicted octanol–water partition coefficient (Wildman–Crippen LogP) is 3.23. The number of amides is 2. The van der Waals surface area contributed by atoms with Gasteiger partial charge in [0.05, 0.1) is 11.4 Å². The summed E-state index contributed by atoms with van der Waals surface area (Å²) >= 11 is 0. The number of fused-ring (bicyclic) bond motifs is 1. The number of hydrogen-bond acceptors (Lipinski definition) is 3. The zero-order chi connectivity index (χ0) is 18.1. The Labute approximate surface area is 141 Å². The lowest BCUT2D eigenvalue weighted by Gasteiger charge is -2.12. The van der Waals surface area contributed by atoms with Gasteiger partial charge in [-0.15, -0.1) is 0 Å². The van der Waals surface area contributed by atoms with Crippen LogP contribution in [0, 0.1) is 25.5 Å². The van der Waals surface area contributed by atoms with Gasteiger partial charge in [0.25, 0.3) is 5.56 Å². The van der Waals surface area contributed by atoms with Crippen molar-refractivity contribution in [3.63, 3.8) is 0 Å². The minimum absolute atomic E-state index is 0.0249. The number of anilines is 2. The van der Waals surface area contributed by atoms with Gasteiger partial charge in [-0.1, -0.05) is 6.07 Å².